The number of carbonyl (C=O) groups is 3. The summed E-state index contributed by atoms with van der Waals surface area (Å²) in [5, 5.41) is 13.4. The van der Waals surface area contributed by atoms with Crippen LogP contribution in [-0.2, 0) is 20.7 Å². The fourth-order valence-corrected chi connectivity index (χ4v) is 2.63. The highest BCUT2D eigenvalue weighted by atomic mass is 16.5. The molecule has 2 aromatic carbocycles. The second-order valence-corrected chi connectivity index (χ2v) is 6.30. The number of Topliss-reactive ketones (excluding diaryl/α,β-unsaturated/α-hetero) is 1. The number of rotatable bonds is 8. The van der Waals surface area contributed by atoms with Gasteiger partial charge in [0.1, 0.15) is 6.33 Å². The van der Waals surface area contributed by atoms with Crippen LogP contribution >= 0.6 is 0 Å². The fraction of sp³-hybridized carbons (Fsp3) is 0.200. The molecule has 9 heteroatoms. The van der Waals surface area contributed by atoms with Gasteiger partial charge in [-0.05, 0) is 53.6 Å². The van der Waals surface area contributed by atoms with Crippen LogP contribution in [0.5, 0.6) is 0 Å². The number of benzene rings is 2. The van der Waals surface area contributed by atoms with E-state index in [0.717, 1.165) is 5.56 Å². The van der Waals surface area contributed by atoms with Gasteiger partial charge in [-0.3, -0.25) is 9.59 Å². The highest BCUT2D eigenvalue weighted by molar-refractivity contribution is 5.92. The number of tetrazole rings is 1. The number of ether oxygens (including phenoxy) is 1. The van der Waals surface area contributed by atoms with Gasteiger partial charge in [0.15, 0.2) is 12.4 Å². The van der Waals surface area contributed by atoms with E-state index in [1.807, 2.05) is 30.3 Å². The van der Waals surface area contributed by atoms with E-state index in [-0.39, 0.29) is 11.3 Å². The van der Waals surface area contributed by atoms with Crippen molar-refractivity contribution in [1.29, 1.82) is 0 Å². The van der Waals surface area contributed by atoms with Crippen LogP contribution in [0.3, 0.4) is 0 Å². The first-order valence-corrected chi connectivity index (χ1v) is 8.87. The molecule has 0 aliphatic rings. The Hall–Kier alpha value is -3.88. The highest BCUT2D eigenvalue weighted by Crippen LogP contribution is 2.09. The summed E-state index contributed by atoms with van der Waals surface area (Å²) in [6.07, 6.45) is 1.80. The Bertz CT molecular complexity index is 972. The first-order valence-electron chi connectivity index (χ1n) is 8.87. The van der Waals surface area contributed by atoms with E-state index in [4.69, 9.17) is 4.74 Å². The van der Waals surface area contributed by atoms with Gasteiger partial charge in [-0.25, -0.2) is 9.48 Å². The van der Waals surface area contributed by atoms with E-state index < -0.39 is 24.5 Å². The van der Waals surface area contributed by atoms with E-state index in [9.17, 15) is 14.4 Å². The van der Waals surface area contributed by atoms with Crippen LogP contribution in [0, 0.1) is 0 Å². The number of ketones is 1. The summed E-state index contributed by atoms with van der Waals surface area (Å²) in [5.74, 6) is -1.36. The molecule has 0 bridgehead atoms. The van der Waals surface area contributed by atoms with Crippen molar-refractivity contribution in [3.63, 3.8) is 0 Å². The van der Waals surface area contributed by atoms with Crippen molar-refractivity contribution >= 4 is 17.7 Å². The molecule has 1 N–H and O–H groups in total. The van der Waals surface area contributed by atoms with E-state index >= 15 is 0 Å². The second kappa shape index (κ2) is 9.36. The highest BCUT2D eigenvalue weighted by Gasteiger charge is 2.19. The second-order valence-electron chi connectivity index (χ2n) is 6.30. The molecule has 1 aromatic heterocycles. The molecule has 1 atom stereocenters. The Morgan fingerprint density at radius 2 is 1.79 bits per heavy atom. The molecule has 0 radical (unpaired) electrons. The average Bonchev–Trinajstić information content (AvgIpc) is 3.27. The molecule has 0 aliphatic carbocycles. The zero-order chi connectivity index (χ0) is 20.6. The molecule has 0 spiro atoms. The number of amides is 1. The standard InChI is InChI=1S/C20H19N5O4/c1-14(26)18(11-15-5-3-2-4-6-15)22-19(27)12-29-20(28)16-7-9-17(10-8-16)25-13-21-23-24-25/h2-10,13,18H,11-12H2,1H3,(H,22,27)/t18-/m0/s1. The lowest BCUT2D eigenvalue weighted by atomic mass is 10.0. The van der Waals surface area contributed by atoms with Crippen LogP contribution < -0.4 is 5.32 Å². The lowest BCUT2D eigenvalue weighted by Gasteiger charge is -2.16. The molecule has 0 saturated heterocycles. The van der Waals surface area contributed by atoms with Gasteiger partial charge in [-0.15, -0.1) is 5.10 Å². The van der Waals surface area contributed by atoms with Gasteiger partial charge < -0.3 is 10.1 Å². The number of nitrogens with zero attached hydrogens (tertiary/aromatic N) is 4. The van der Waals surface area contributed by atoms with Gasteiger partial charge in [-0.2, -0.15) is 0 Å². The molecular weight excluding hydrogens is 374 g/mol. The maximum Gasteiger partial charge on any atom is 0.338 e. The van der Waals surface area contributed by atoms with E-state index in [2.05, 4.69) is 20.8 Å². The number of hydrogen-bond donors (Lipinski definition) is 1. The molecule has 0 unspecified atom stereocenters. The first kappa shape index (κ1) is 19.9. The van der Waals surface area contributed by atoms with Crippen molar-refractivity contribution in [2.45, 2.75) is 19.4 Å². The smallest absolute Gasteiger partial charge is 0.338 e. The summed E-state index contributed by atoms with van der Waals surface area (Å²) in [4.78, 5) is 36.1. The lowest BCUT2D eigenvalue weighted by Crippen LogP contribution is -2.43. The number of carbonyl (C=O) groups excluding carboxylic acids is 3. The summed E-state index contributed by atoms with van der Waals surface area (Å²) in [6, 6.07) is 15.1. The summed E-state index contributed by atoms with van der Waals surface area (Å²) in [7, 11) is 0. The number of aromatic nitrogens is 4. The Labute approximate surface area is 166 Å². The predicted molar refractivity (Wildman–Crippen MR) is 102 cm³/mol. The third-order valence-electron chi connectivity index (χ3n) is 4.16. The van der Waals surface area contributed by atoms with Gasteiger partial charge in [0.05, 0.1) is 17.3 Å². The normalized spacial score (nSPS) is 11.5. The minimum Gasteiger partial charge on any atom is -0.452 e. The molecule has 0 saturated carbocycles. The summed E-state index contributed by atoms with van der Waals surface area (Å²) < 4.78 is 6.48. The third-order valence-corrected chi connectivity index (χ3v) is 4.16. The molecule has 1 amide bonds. The molecule has 9 nitrogen and oxygen atoms in total. The molecule has 1 heterocycles. The molecule has 3 aromatic rings. The van der Waals surface area contributed by atoms with Crippen molar-refractivity contribution in [3.8, 4) is 5.69 Å². The summed E-state index contributed by atoms with van der Waals surface area (Å²) >= 11 is 0. The Morgan fingerprint density at radius 3 is 2.41 bits per heavy atom. The van der Waals surface area contributed by atoms with Gasteiger partial charge in [0, 0.05) is 0 Å². The Balaban J connectivity index is 1.52. The Morgan fingerprint density at radius 1 is 1.07 bits per heavy atom. The maximum absolute atomic E-state index is 12.1. The van der Waals surface area contributed by atoms with Crippen molar-refractivity contribution in [1.82, 2.24) is 25.5 Å². The lowest BCUT2D eigenvalue weighted by molar-refractivity contribution is -0.128. The number of hydrogen-bond acceptors (Lipinski definition) is 7. The fourth-order valence-electron chi connectivity index (χ4n) is 2.63. The van der Waals surface area contributed by atoms with Crippen molar-refractivity contribution in [2.24, 2.45) is 0 Å². The summed E-state index contributed by atoms with van der Waals surface area (Å²) in [6.45, 7) is 0.929. The van der Waals surface area contributed by atoms with Crippen LogP contribution in [-0.4, -0.2) is 50.5 Å². The predicted octanol–water partition coefficient (Wildman–Crippen LogP) is 1.14. The zero-order valence-electron chi connectivity index (χ0n) is 15.7. The molecule has 0 fully saturated rings. The van der Waals surface area contributed by atoms with Crippen LogP contribution in [0.15, 0.2) is 60.9 Å². The maximum atomic E-state index is 12.1. The summed E-state index contributed by atoms with van der Waals surface area (Å²) in [5.41, 5.74) is 1.88. The SMILES string of the molecule is CC(=O)[C@H](Cc1ccccc1)NC(=O)COC(=O)c1ccc(-n2cnnn2)cc1. The topological polar surface area (TPSA) is 116 Å². The molecule has 0 aliphatic heterocycles. The van der Waals surface area contributed by atoms with E-state index in [0.29, 0.717) is 12.1 Å². The van der Waals surface area contributed by atoms with Crippen LogP contribution in [0.4, 0.5) is 0 Å². The van der Waals surface area contributed by atoms with E-state index in [1.165, 1.54) is 17.9 Å². The van der Waals surface area contributed by atoms with Gasteiger partial charge >= 0.3 is 5.97 Å². The quantitative estimate of drug-likeness (QED) is 0.570. The number of nitrogens with one attached hydrogen (secondary N) is 1. The minimum absolute atomic E-state index is 0.174. The zero-order valence-corrected chi connectivity index (χ0v) is 15.7. The molecular formula is C20H19N5O4. The molecule has 29 heavy (non-hydrogen) atoms. The van der Waals surface area contributed by atoms with Gasteiger partial charge in [0.25, 0.3) is 5.91 Å². The first-order chi connectivity index (χ1) is 14.0. The van der Waals surface area contributed by atoms with Crippen LogP contribution in [0.25, 0.3) is 5.69 Å². The van der Waals surface area contributed by atoms with Crippen molar-refractivity contribution in [2.75, 3.05) is 6.61 Å². The van der Waals surface area contributed by atoms with Crippen LogP contribution in [0.2, 0.25) is 0 Å². The van der Waals surface area contributed by atoms with Crippen LogP contribution in [0.1, 0.15) is 22.8 Å². The van der Waals surface area contributed by atoms with Gasteiger partial charge in [-0.1, -0.05) is 30.3 Å². The molecule has 148 valence electrons. The average molecular weight is 393 g/mol. The molecule has 3 rings (SSSR count). The number of esters is 1. The minimum atomic E-state index is -0.681. The Kier molecular flexibility index (Phi) is 6.41. The van der Waals surface area contributed by atoms with E-state index in [1.54, 1.807) is 24.3 Å². The monoisotopic (exact) mass is 393 g/mol. The van der Waals surface area contributed by atoms with Crippen molar-refractivity contribution < 1.29 is 19.1 Å². The van der Waals surface area contributed by atoms with Gasteiger partial charge in [0.2, 0.25) is 0 Å². The third kappa shape index (κ3) is 5.55. The van der Waals surface area contributed by atoms with Crippen molar-refractivity contribution in [3.05, 3.63) is 72.1 Å². The largest absolute Gasteiger partial charge is 0.452 e.